The lowest BCUT2D eigenvalue weighted by molar-refractivity contribution is 0.0563. The van der Waals surface area contributed by atoms with Gasteiger partial charge in [-0.15, -0.1) is 0 Å². The van der Waals surface area contributed by atoms with E-state index in [4.69, 9.17) is 0 Å². The summed E-state index contributed by atoms with van der Waals surface area (Å²) in [7, 11) is 0. The standard InChI is InChI=1S/C88H106N2O4/c1-17-21-23-55(19-3)53-89-81(91)73-61(37-25-57-29-41-65(42-30-57)85(5,6)7)49-69-71-51-63(39-27-59-33-45-67(46-34-59)87(11,12)13)75-80-76(84(94)90(83(75)93)54-56(20-4)24-22-18-2)64(40-28-60-35-47-68(48-36-60)88(14,15)16)52-72(78(71)80)70-50-62(74(82(89)92)79(73)77(69)70)38-26-58-31-43-66(44-32-58)86(8,9)10/h29-36,41-52,55-56H,17-28,37-40,53-54H2,1-16H3. The Balaban J connectivity index is 1.23. The summed E-state index contributed by atoms with van der Waals surface area (Å²) in [5.74, 6) is -0.481. The predicted octanol–water partition coefficient (Wildman–Crippen LogP) is 21.7. The molecule has 9 aromatic rings. The number of carbonyl (C=O) groups excluding carboxylic acids is 4. The zero-order valence-corrected chi connectivity index (χ0v) is 60.0. The van der Waals surface area contributed by atoms with Gasteiger partial charge in [0.15, 0.2) is 0 Å². The van der Waals surface area contributed by atoms with Gasteiger partial charge >= 0.3 is 0 Å². The number of nitrogens with zero attached hydrogens (tertiary/aromatic N) is 2. The van der Waals surface area contributed by atoms with Gasteiger partial charge in [0.1, 0.15) is 0 Å². The van der Waals surface area contributed by atoms with E-state index < -0.39 is 0 Å². The molecule has 0 saturated heterocycles. The monoisotopic (exact) mass is 1250 g/mol. The number of aryl methyl sites for hydroxylation is 8. The minimum Gasteiger partial charge on any atom is -0.274 e. The molecular formula is C88H106N2O4. The van der Waals surface area contributed by atoms with E-state index in [2.05, 4.69) is 232 Å². The lowest BCUT2D eigenvalue weighted by Crippen LogP contribution is -2.44. The molecule has 0 saturated carbocycles. The van der Waals surface area contributed by atoms with Crippen molar-refractivity contribution < 1.29 is 19.2 Å². The van der Waals surface area contributed by atoms with Crippen LogP contribution in [0.15, 0.2) is 121 Å². The van der Waals surface area contributed by atoms with Crippen molar-refractivity contribution in [2.45, 2.75) is 235 Å². The topological polar surface area (TPSA) is 74.8 Å². The molecule has 2 heterocycles. The lowest BCUT2D eigenvalue weighted by atomic mass is 9.76. The number of hydrogen-bond donors (Lipinski definition) is 0. The number of amides is 4. The Morgan fingerprint density at radius 1 is 0.309 bits per heavy atom. The number of unbranched alkanes of at least 4 members (excludes halogenated alkanes) is 2. The van der Waals surface area contributed by atoms with Gasteiger partial charge in [0, 0.05) is 23.9 Å². The predicted molar refractivity (Wildman–Crippen MR) is 395 cm³/mol. The summed E-state index contributed by atoms with van der Waals surface area (Å²) in [6, 6.07) is 45.1. The highest BCUT2D eigenvalue weighted by Crippen LogP contribution is 2.51. The van der Waals surface area contributed by atoms with E-state index >= 15 is 19.2 Å². The average Bonchev–Trinajstić information content (AvgIpc) is 0.678. The second-order valence-corrected chi connectivity index (χ2v) is 32.4. The Bertz CT molecular complexity index is 3760. The van der Waals surface area contributed by atoms with Crippen LogP contribution < -0.4 is 0 Å². The minimum absolute atomic E-state index is 0.00619. The Labute approximate surface area is 563 Å². The number of carbonyl (C=O) groups is 4. The summed E-state index contributed by atoms with van der Waals surface area (Å²) in [5.41, 5.74) is 16.1. The van der Waals surface area contributed by atoms with E-state index in [-0.39, 0.29) is 57.1 Å². The second kappa shape index (κ2) is 27.0. The highest BCUT2D eigenvalue weighted by molar-refractivity contribution is 6.42. The van der Waals surface area contributed by atoms with Gasteiger partial charge in [0.25, 0.3) is 23.6 Å². The molecule has 492 valence electrons. The van der Waals surface area contributed by atoms with Gasteiger partial charge in [0.2, 0.25) is 0 Å². The SMILES string of the molecule is CCCCC(CC)CN1C(=O)c2c(CCc3ccc(C(C)(C)C)cc3)cc3c4cc(CCc5ccc(C(C)(C)C)cc5)c5c6c(c(CCc7ccc(C(C)(C)C)cc7)cc(c7cc(CCc8ccc(C(C)(C)C)cc8)c(c2c37)C1=O)c64)C(=O)N(CC(CC)CCCC)C5=O. The van der Waals surface area contributed by atoms with Crippen LogP contribution in [0.1, 0.15) is 270 Å². The molecule has 2 aliphatic rings. The molecule has 9 aromatic carbocycles. The third-order valence-electron chi connectivity index (χ3n) is 21.5. The molecule has 0 bridgehead atoms. The average molecular weight is 1260 g/mol. The third kappa shape index (κ3) is 13.6. The van der Waals surface area contributed by atoms with Crippen LogP contribution in [-0.4, -0.2) is 46.5 Å². The van der Waals surface area contributed by atoms with Crippen LogP contribution in [0, 0.1) is 11.8 Å². The van der Waals surface area contributed by atoms with Crippen molar-refractivity contribution in [2.24, 2.45) is 11.8 Å². The van der Waals surface area contributed by atoms with E-state index in [0.717, 1.165) is 117 Å². The Hall–Kier alpha value is -7.44. The van der Waals surface area contributed by atoms with Crippen LogP contribution in [0.3, 0.4) is 0 Å². The maximum absolute atomic E-state index is 16.2. The largest absolute Gasteiger partial charge is 0.274 e. The summed E-state index contributed by atoms with van der Waals surface area (Å²) >= 11 is 0. The van der Waals surface area contributed by atoms with Crippen LogP contribution in [0.4, 0.5) is 0 Å². The van der Waals surface area contributed by atoms with Crippen molar-refractivity contribution in [3.63, 3.8) is 0 Å². The van der Waals surface area contributed by atoms with Crippen molar-refractivity contribution in [1.82, 2.24) is 9.80 Å². The molecular weight excluding hydrogens is 1150 g/mol. The summed E-state index contributed by atoms with van der Waals surface area (Å²) in [6.45, 7) is 36.5. The zero-order chi connectivity index (χ0) is 67.3. The van der Waals surface area contributed by atoms with E-state index in [9.17, 15) is 0 Å². The molecule has 2 aliphatic heterocycles. The molecule has 6 nitrogen and oxygen atoms in total. The van der Waals surface area contributed by atoms with Crippen molar-refractivity contribution in [3.05, 3.63) is 210 Å². The van der Waals surface area contributed by atoms with Crippen LogP contribution in [0.2, 0.25) is 0 Å². The molecule has 2 unspecified atom stereocenters. The number of imide groups is 2. The van der Waals surface area contributed by atoms with Crippen LogP contribution in [0.5, 0.6) is 0 Å². The first-order valence-electron chi connectivity index (χ1n) is 36.0. The first kappa shape index (κ1) is 68.0. The molecule has 94 heavy (non-hydrogen) atoms. The first-order valence-corrected chi connectivity index (χ1v) is 36.0. The quantitative estimate of drug-likeness (QED) is 0.0343. The van der Waals surface area contributed by atoms with E-state index in [0.29, 0.717) is 86.7 Å². The molecule has 2 atom stereocenters. The Kier molecular flexibility index (Phi) is 19.5. The van der Waals surface area contributed by atoms with Gasteiger partial charge < -0.3 is 0 Å². The molecule has 0 fully saturated rings. The Morgan fingerprint density at radius 3 is 0.723 bits per heavy atom. The van der Waals surface area contributed by atoms with Gasteiger partial charge in [-0.05, 0) is 221 Å². The Morgan fingerprint density at radius 2 is 0.532 bits per heavy atom. The lowest BCUT2D eigenvalue weighted by Gasteiger charge is -2.35. The molecule has 4 amide bonds. The van der Waals surface area contributed by atoms with E-state index in [1.165, 1.54) is 44.5 Å². The highest BCUT2D eigenvalue weighted by Gasteiger charge is 2.42. The van der Waals surface area contributed by atoms with E-state index in [1.807, 2.05) is 0 Å². The van der Waals surface area contributed by atoms with Gasteiger partial charge in [0.05, 0.1) is 22.3 Å². The summed E-state index contributed by atoms with van der Waals surface area (Å²) in [4.78, 5) is 68.1. The molecule has 11 rings (SSSR count). The number of hydrogen-bond acceptors (Lipinski definition) is 4. The summed E-state index contributed by atoms with van der Waals surface area (Å²) < 4.78 is 0. The smallest absolute Gasteiger partial charge is 0.261 e. The molecule has 0 spiro atoms. The van der Waals surface area contributed by atoms with Crippen molar-refractivity contribution in [3.8, 4) is 0 Å². The summed E-state index contributed by atoms with van der Waals surface area (Å²) in [5, 5.41) is 7.19. The van der Waals surface area contributed by atoms with Crippen LogP contribution in [0.25, 0.3) is 43.1 Å². The van der Waals surface area contributed by atoms with Gasteiger partial charge in [-0.3, -0.25) is 29.0 Å². The van der Waals surface area contributed by atoms with Crippen molar-refractivity contribution in [1.29, 1.82) is 0 Å². The molecule has 0 aromatic heterocycles. The fourth-order valence-electron chi connectivity index (χ4n) is 15.3. The summed E-state index contributed by atoms with van der Waals surface area (Å²) in [6.07, 6.45) is 12.8. The second-order valence-electron chi connectivity index (χ2n) is 32.4. The first-order chi connectivity index (χ1) is 44.6. The van der Waals surface area contributed by atoms with Gasteiger partial charge in [-0.25, -0.2) is 0 Å². The fraction of sp³-hybridized carbons (Fsp3) is 0.455. The highest BCUT2D eigenvalue weighted by atomic mass is 16.2. The van der Waals surface area contributed by atoms with Crippen molar-refractivity contribution >= 4 is 66.7 Å². The minimum atomic E-state index is -0.203. The molecule has 6 heteroatoms. The zero-order valence-electron chi connectivity index (χ0n) is 60.0. The normalized spacial score (nSPS) is 14.7. The molecule has 0 aliphatic carbocycles. The fourth-order valence-corrected chi connectivity index (χ4v) is 15.3. The van der Waals surface area contributed by atoms with Crippen molar-refractivity contribution in [2.75, 3.05) is 13.1 Å². The van der Waals surface area contributed by atoms with Crippen LogP contribution >= 0.6 is 0 Å². The van der Waals surface area contributed by atoms with Gasteiger partial charge in [-0.1, -0.05) is 246 Å². The van der Waals surface area contributed by atoms with Gasteiger partial charge in [-0.2, -0.15) is 0 Å². The molecule has 0 radical (unpaired) electrons. The third-order valence-corrected chi connectivity index (χ3v) is 21.5. The number of rotatable bonds is 24. The maximum Gasteiger partial charge on any atom is 0.261 e. The van der Waals surface area contributed by atoms with Crippen LogP contribution in [-0.2, 0) is 73.0 Å². The number of benzene rings is 9. The number of fused-ring (bicyclic) bond motifs is 2. The van der Waals surface area contributed by atoms with E-state index in [1.54, 1.807) is 9.80 Å². The maximum atomic E-state index is 16.2. The molecule has 0 N–H and O–H groups in total.